The Labute approximate surface area is 192 Å². The number of methoxy groups -OCH3 is 2. The topological polar surface area (TPSA) is 82.0 Å². The van der Waals surface area contributed by atoms with E-state index in [2.05, 4.69) is 10.2 Å². The maximum Gasteiger partial charge on any atom is 0.258 e. The van der Waals surface area contributed by atoms with Crippen molar-refractivity contribution in [1.82, 2.24) is 9.47 Å². The van der Waals surface area contributed by atoms with E-state index in [0.29, 0.717) is 29.1 Å². The number of amides is 1. The van der Waals surface area contributed by atoms with E-state index in [1.54, 1.807) is 49.2 Å². The lowest BCUT2D eigenvalue weighted by molar-refractivity contribution is -0.115. The maximum absolute atomic E-state index is 13.0. The van der Waals surface area contributed by atoms with Crippen LogP contribution in [0.1, 0.15) is 5.56 Å². The average molecular weight is 452 g/mol. The van der Waals surface area contributed by atoms with Gasteiger partial charge in [0.25, 0.3) is 5.56 Å². The molecule has 0 bridgehead atoms. The van der Waals surface area contributed by atoms with Crippen LogP contribution >= 0.6 is 0 Å². The first kappa shape index (κ1) is 22.8. The molecule has 8 heteroatoms. The predicted octanol–water partition coefficient (Wildman–Crippen LogP) is 2.53. The van der Waals surface area contributed by atoms with Crippen LogP contribution in [0.25, 0.3) is 10.8 Å². The molecule has 1 amide bonds. The number of aromatic nitrogens is 1. The summed E-state index contributed by atoms with van der Waals surface area (Å²) >= 11 is 0. The molecule has 0 aliphatic carbocycles. The number of carbonyl (C=O) groups excluding carboxylic acids is 1. The summed E-state index contributed by atoms with van der Waals surface area (Å²) in [4.78, 5) is 28.1. The van der Waals surface area contributed by atoms with Crippen molar-refractivity contribution in [3.05, 3.63) is 64.6 Å². The van der Waals surface area contributed by atoms with Gasteiger partial charge in [-0.3, -0.25) is 14.5 Å². The molecule has 174 valence electrons. The van der Waals surface area contributed by atoms with Crippen LogP contribution in [-0.4, -0.2) is 62.4 Å². The largest absolute Gasteiger partial charge is 0.493 e. The highest BCUT2D eigenvalue weighted by atomic mass is 16.5. The van der Waals surface area contributed by atoms with E-state index in [1.807, 2.05) is 18.2 Å². The number of nitrogens with one attached hydrogen (secondary N) is 1. The number of hydrogen-bond donors (Lipinski definition) is 1. The van der Waals surface area contributed by atoms with E-state index in [4.69, 9.17) is 14.2 Å². The molecule has 2 heterocycles. The Balaban J connectivity index is 1.48. The van der Waals surface area contributed by atoms with Crippen LogP contribution in [0.4, 0.5) is 5.69 Å². The summed E-state index contributed by atoms with van der Waals surface area (Å²) in [5, 5.41) is 4.26. The number of ether oxygens (including phenoxy) is 3. The second-order valence-electron chi connectivity index (χ2n) is 7.95. The Morgan fingerprint density at radius 2 is 1.79 bits per heavy atom. The van der Waals surface area contributed by atoms with Crippen LogP contribution < -0.4 is 20.3 Å². The molecule has 33 heavy (non-hydrogen) atoms. The molecule has 4 rings (SSSR count). The number of carbonyl (C=O) groups is 1. The highest BCUT2D eigenvalue weighted by Gasteiger charge is 2.13. The molecule has 1 aliphatic rings. The first-order chi connectivity index (χ1) is 16.1. The average Bonchev–Trinajstić information content (AvgIpc) is 2.84. The van der Waals surface area contributed by atoms with Crippen molar-refractivity contribution in [2.45, 2.75) is 13.0 Å². The van der Waals surface area contributed by atoms with Gasteiger partial charge < -0.3 is 24.1 Å². The minimum atomic E-state index is -0.175. The minimum absolute atomic E-state index is 0.0586. The summed E-state index contributed by atoms with van der Waals surface area (Å²) in [7, 11) is 3.13. The molecule has 1 fully saturated rings. The molecule has 2 aromatic carbocycles. The van der Waals surface area contributed by atoms with Crippen LogP contribution in [0.15, 0.2) is 53.5 Å². The zero-order chi connectivity index (χ0) is 23.2. The number of pyridine rings is 1. The van der Waals surface area contributed by atoms with E-state index in [1.165, 1.54) is 0 Å². The highest BCUT2D eigenvalue weighted by Crippen LogP contribution is 2.28. The summed E-state index contributed by atoms with van der Waals surface area (Å²) in [6.07, 6.45) is 1.97. The first-order valence-corrected chi connectivity index (χ1v) is 11.0. The van der Waals surface area contributed by atoms with E-state index in [0.717, 1.165) is 43.8 Å². The van der Waals surface area contributed by atoms with Crippen LogP contribution in [-0.2, 0) is 22.5 Å². The van der Waals surface area contributed by atoms with Crippen LogP contribution in [0, 0.1) is 0 Å². The van der Waals surface area contributed by atoms with E-state index < -0.39 is 0 Å². The third kappa shape index (κ3) is 5.35. The van der Waals surface area contributed by atoms with Gasteiger partial charge in [-0.15, -0.1) is 0 Å². The van der Waals surface area contributed by atoms with Crippen molar-refractivity contribution in [2.75, 3.05) is 52.4 Å². The maximum atomic E-state index is 13.0. The molecule has 0 saturated carbocycles. The van der Waals surface area contributed by atoms with Gasteiger partial charge in [-0.1, -0.05) is 12.1 Å². The number of benzene rings is 2. The molecule has 8 nitrogen and oxygen atoms in total. The molecular formula is C25H29N3O5. The monoisotopic (exact) mass is 451 g/mol. The van der Waals surface area contributed by atoms with Crippen LogP contribution in [0.5, 0.6) is 11.5 Å². The third-order valence-electron chi connectivity index (χ3n) is 5.87. The summed E-state index contributed by atoms with van der Waals surface area (Å²) in [5.74, 6) is 1.01. The molecule has 1 saturated heterocycles. The van der Waals surface area contributed by atoms with Gasteiger partial charge in [0, 0.05) is 48.8 Å². The number of hydrogen-bond acceptors (Lipinski definition) is 6. The van der Waals surface area contributed by atoms with Gasteiger partial charge in [0.2, 0.25) is 5.91 Å². The van der Waals surface area contributed by atoms with Crippen molar-refractivity contribution in [1.29, 1.82) is 0 Å². The Hall–Kier alpha value is -3.36. The summed E-state index contributed by atoms with van der Waals surface area (Å²) in [6, 6.07) is 12.7. The van der Waals surface area contributed by atoms with Crippen molar-refractivity contribution in [2.24, 2.45) is 0 Å². The van der Waals surface area contributed by atoms with Gasteiger partial charge in [0.05, 0.1) is 33.9 Å². The summed E-state index contributed by atoms with van der Waals surface area (Å²) in [6.45, 7) is 4.66. The normalized spacial score (nSPS) is 14.2. The smallest absolute Gasteiger partial charge is 0.258 e. The molecule has 0 unspecified atom stereocenters. The van der Waals surface area contributed by atoms with Gasteiger partial charge in [-0.25, -0.2) is 0 Å². The van der Waals surface area contributed by atoms with Gasteiger partial charge >= 0.3 is 0 Å². The van der Waals surface area contributed by atoms with Crippen molar-refractivity contribution < 1.29 is 19.0 Å². The molecule has 3 aromatic rings. The van der Waals surface area contributed by atoms with Crippen LogP contribution in [0.2, 0.25) is 0 Å². The lowest BCUT2D eigenvalue weighted by atomic mass is 10.1. The van der Waals surface area contributed by atoms with Gasteiger partial charge in [0.1, 0.15) is 0 Å². The summed E-state index contributed by atoms with van der Waals surface area (Å²) < 4.78 is 17.7. The zero-order valence-electron chi connectivity index (χ0n) is 19.0. The van der Waals surface area contributed by atoms with Crippen molar-refractivity contribution >= 4 is 22.4 Å². The first-order valence-electron chi connectivity index (χ1n) is 11.0. The van der Waals surface area contributed by atoms with Crippen molar-refractivity contribution in [3.63, 3.8) is 0 Å². The van der Waals surface area contributed by atoms with Gasteiger partial charge in [-0.2, -0.15) is 0 Å². The molecule has 0 radical (unpaired) electrons. The standard InChI is InChI=1S/C25H29N3O5/c1-31-22-7-6-18(16-23(22)32-2)17-24(29)26-21-5-3-4-20-19(21)8-9-28(25(20)30)11-10-27-12-14-33-15-13-27/h3-9,16H,10-15,17H2,1-2H3,(H,26,29). The molecular weight excluding hydrogens is 422 g/mol. The van der Waals surface area contributed by atoms with Gasteiger partial charge in [-0.05, 0) is 35.9 Å². The molecule has 1 aliphatic heterocycles. The number of nitrogens with zero attached hydrogens (tertiary/aromatic N) is 2. The Morgan fingerprint density at radius 1 is 1.00 bits per heavy atom. The molecule has 0 spiro atoms. The Bertz CT molecular complexity index is 1180. The zero-order valence-corrected chi connectivity index (χ0v) is 19.0. The predicted molar refractivity (Wildman–Crippen MR) is 127 cm³/mol. The summed E-state index contributed by atoms with van der Waals surface area (Å²) in [5.41, 5.74) is 1.36. The Morgan fingerprint density at radius 3 is 2.55 bits per heavy atom. The fourth-order valence-electron chi connectivity index (χ4n) is 4.05. The van der Waals surface area contributed by atoms with Gasteiger partial charge in [0.15, 0.2) is 11.5 Å². The SMILES string of the molecule is COc1ccc(CC(=O)Nc2cccc3c(=O)n(CCN4CCOCC4)ccc23)cc1OC. The molecule has 0 atom stereocenters. The number of anilines is 1. The van der Waals surface area contributed by atoms with Crippen LogP contribution in [0.3, 0.4) is 0 Å². The number of rotatable bonds is 8. The van der Waals surface area contributed by atoms with Crippen molar-refractivity contribution in [3.8, 4) is 11.5 Å². The number of fused-ring (bicyclic) bond motifs is 1. The van der Waals surface area contributed by atoms with E-state index >= 15 is 0 Å². The fraction of sp³-hybridized carbons (Fsp3) is 0.360. The quantitative estimate of drug-likeness (QED) is 0.567. The number of morpholine rings is 1. The minimum Gasteiger partial charge on any atom is -0.493 e. The lowest BCUT2D eigenvalue weighted by Gasteiger charge is -2.26. The fourth-order valence-corrected chi connectivity index (χ4v) is 4.05. The van der Waals surface area contributed by atoms with E-state index in [9.17, 15) is 9.59 Å². The van der Waals surface area contributed by atoms with E-state index in [-0.39, 0.29) is 17.9 Å². The lowest BCUT2D eigenvalue weighted by Crippen LogP contribution is -2.39. The molecule has 1 N–H and O–H groups in total. The highest BCUT2D eigenvalue weighted by molar-refractivity contribution is 6.02. The Kier molecular flexibility index (Phi) is 7.26. The second-order valence-corrected chi connectivity index (χ2v) is 7.95. The third-order valence-corrected chi connectivity index (χ3v) is 5.87. The second kappa shape index (κ2) is 10.5. The molecule has 1 aromatic heterocycles.